The number of hydrogen-bond donors (Lipinski definition) is 1. The van der Waals surface area contributed by atoms with Crippen LogP contribution in [0.5, 0.6) is 5.75 Å². The lowest BCUT2D eigenvalue weighted by Gasteiger charge is -2.26. The van der Waals surface area contributed by atoms with Gasteiger partial charge in [0.1, 0.15) is 18.9 Å². The van der Waals surface area contributed by atoms with Gasteiger partial charge < -0.3 is 10.1 Å². The highest BCUT2D eigenvalue weighted by molar-refractivity contribution is 7.92. The Morgan fingerprint density at radius 2 is 1.59 bits per heavy atom. The van der Waals surface area contributed by atoms with Gasteiger partial charge in [-0.3, -0.25) is 9.10 Å². The van der Waals surface area contributed by atoms with Gasteiger partial charge in [-0.05, 0) is 62.2 Å². The van der Waals surface area contributed by atoms with Gasteiger partial charge in [0, 0.05) is 0 Å². The van der Waals surface area contributed by atoms with Crippen LogP contribution in [0.15, 0.2) is 77.7 Å². The van der Waals surface area contributed by atoms with Crippen molar-refractivity contribution in [1.82, 2.24) is 5.32 Å². The summed E-state index contributed by atoms with van der Waals surface area (Å²) in [5, 5.41) is 2.75. The Morgan fingerprint density at radius 1 is 0.906 bits per heavy atom. The van der Waals surface area contributed by atoms with Crippen molar-refractivity contribution in [3.63, 3.8) is 0 Å². The molecule has 0 fully saturated rings. The third-order valence-corrected chi connectivity index (χ3v) is 6.95. The first kappa shape index (κ1) is 23.3. The number of carbonyl (C=O) groups is 1. The molecule has 0 aromatic heterocycles. The fourth-order valence-corrected chi connectivity index (χ4v) is 4.68. The second-order valence-corrected chi connectivity index (χ2v) is 9.42. The highest BCUT2D eigenvalue weighted by atomic mass is 32.2. The molecule has 0 aliphatic carbocycles. The molecule has 0 heterocycles. The second kappa shape index (κ2) is 10.3. The van der Waals surface area contributed by atoms with Crippen molar-refractivity contribution in [2.45, 2.75) is 25.7 Å². The Kier molecular flexibility index (Phi) is 7.53. The molecule has 3 aromatic carbocycles. The summed E-state index contributed by atoms with van der Waals surface area (Å²) < 4.78 is 33.7. The van der Waals surface area contributed by atoms with Crippen LogP contribution >= 0.6 is 0 Å². The molecule has 3 rings (SSSR count). The number of sulfonamides is 1. The molecule has 0 saturated carbocycles. The highest BCUT2D eigenvalue weighted by Gasteiger charge is 2.28. The van der Waals surface area contributed by atoms with Gasteiger partial charge in [-0.15, -0.1) is 0 Å². The first-order valence-corrected chi connectivity index (χ1v) is 11.8. The number of benzene rings is 3. The molecule has 3 aromatic rings. The molecule has 0 atom stereocenters. The van der Waals surface area contributed by atoms with Gasteiger partial charge in [0.2, 0.25) is 5.91 Å². The van der Waals surface area contributed by atoms with Crippen molar-refractivity contribution in [2.24, 2.45) is 0 Å². The van der Waals surface area contributed by atoms with Crippen molar-refractivity contribution in [1.29, 1.82) is 0 Å². The summed E-state index contributed by atoms with van der Waals surface area (Å²) in [6.07, 6.45) is 0. The summed E-state index contributed by atoms with van der Waals surface area (Å²) in [6, 6.07) is 21.3. The molecule has 0 spiro atoms. The van der Waals surface area contributed by atoms with Gasteiger partial charge in [0.05, 0.1) is 17.1 Å². The van der Waals surface area contributed by atoms with Crippen LogP contribution in [0.3, 0.4) is 0 Å². The summed E-state index contributed by atoms with van der Waals surface area (Å²) in [5.74, 6) is 0.305. The molecular formula is C25H28N2O4S. The van der Waals surface area contributed by atoms with Gasteiger partial charge in [-0.2, -0.15) is 0 Å². The quantitative estimate of drug-likeness (QED) is 0.498. The number of rotatable bonds is 9. The summed E-state index contributed by atoms with van der Waals surface area (Å²) in [5.41, 5.74) is 3.20. The van der Waals surface area contributed by atoms with E-state index in [1.54, 1.807) is 36.4 Å². The van der Waals surface area contributed by atoms with Crippen LogP contribution in [0.2, 0.25) is 0 Å². The lowest BCUT2D eigenvalue weighted by Crippen LogP contribution is -2.42. The molecule has 7 heteroatoms. The molecule has 6 nitrogen and oxygen atoms in total. The zero-order valence-electron chi connectivity index (χ0n) is 18.5. The van der Waals surface area contributed by atoms with Gasteiger partial charge in [0.15, 0.2) is 0 Å². The fraction of sp³-hybridized carbons (Fsp3) is 0.240. The molecular weight excluding hydrogens is 424 g/mol. The molecule has 0 saturated heterocycles. The summed E-state index contributed by atoms with van der Waals surface area (Å²) in [4.78, 5) is 12.8. The number of aryl methyl sites for hydroxylation is 2. The van der Waals surface area contributed by atoms with Crippen molar-refractivity contribution in [3.05, 3.63) is 89.5 Å². The minimum absolute atomic E-state index is 0.143. The Balaban J connectivity index is 1.77. The van der Waals surface area contributed by atoms with E-state index in [9.17, 15) is 13.2 Å². The van der Waals surface area contributed by atoms with E-state index in [1.165, 1.54) is 4.31 Å². The first-order valence-electron chi connectivity index (χ1n) is 10.4. The number of amides is 1. The third-order valence-electron chi connectivity index (χ3n) is 5.18. The predicted octanol–water partition coefficient (Wildman–Crippen LogP) is 4.00. The van der Waals surface area contributed by atoms with Crippen LogP contribution in [-0.4, -0.2) is 34.0 Å². The average molecular weight is 453 g/mol. The Bertz CT molecular complexity index is 1160. The second-order valence-electron chi connectivity index (χ2n) is 7.56. The van der Waals surface area contributed by atoms with Crippen molar-refractivity contribution < 1.29 is 17.9 Å². The van der Waals surface area contributed by atoms with E-state index >= 15 is 0 Å². The standard InChI is InChI=1S/C25H28N2O4S/c1-19-12-14-23(15-13-19)32(29,30)27(24-11-7-8-20(2)21(24)3)18-25(28)26-16-17-31-22-9-5-4-6-10-22/h4-15H,16-18H2,1-3H3,(H,26,28). The van der Waals surface area contributed by atoms with Crippen LogP contribution in [-0.2, 0) is 14.8 Å². The van der Waals surface area contributed by atoms with Crippen LogP contribution in [0.1, 0.15) is 16.7 Å². The molecule has 0 aliphatic rings. The largest absolute Gasteiger partial charge is 0.492 e. The van der Waals surface area contributed by atoms with Gasteiger partial charge in [-0.1, -0.05) is 48.0 Å². The minimum atomic E-state index is -3.94. The molecule has 1 amide bonds. The third kappa shape index (κ3) is 5.68. The highest BCUT2D eigenvalue weighted by Crippen LogP contribution is 2.28. The van der Waals surface area contributed by atoms with E-state index in [0.717, 1.165) is 16.7 Å². The van der Waals surface area contributed by atoms with E-state index < -0.39 is 15.9 Å². The summed E-state index contributed by atoms with van der Waals surface area (Å²) in [6.45, 7) is 5.88. The molecule has 1 N–H and O–H groups in total. The minimum Gasteiger partial charge on any atom is -0.492 e. The molecule has 0 radical (unpaired) electrons. The number of carbonyl (C=O) groups excluding carboxylic acids is 1. The van der Waals surface area contributed by atoms with Crippen LogP contribution in [0.4, 0.5) is 5.69 Å². The van der Waals surface area contributed by atoms with Gasteiger partial charge in [-0.25, -0.2) is 8.42 Å². The Morgan fingerprint density at radius 3 is 2.28 bits per heavy atom. The van der Waals surface area contributed by atoms with Gasteiger partial charge >= 0.3 is 0 Å². The Labute approximate surface area is 189 Å². The number of anilines is 1. The summed E-state index contributed by atoms with van der Waals surface area (Å²) in [7, 11) is -3.94. The normalized spacial score (nSPS) is 11.1. The fourth-order valence-electron chi connectivity index (χ4n) is 3.21. The van der Waals surface area contributed by atoms with Crippen LogP contribution in [0, 0.1) is 20.8 Å². The number of nitrogens with zero attached hydrogens (tertiary/aromatic N) is 1. The lowest BCUT2D eigenvalue weighted by molar-refractivity contribution is -0.119. The monoisotopic (exact) mass is 452 g/mol. The zero-order chi connectivity index (χ0) is 23.1. The molecule has 0 unspecified atom stereocenters. The maximum atomic E-state index is 13.5. The average Bonchev–Trinajstić information content (AvgIpc) is 2.78. The topological polar surface area (TPSA) is 75.7 Å². The van der Waals surface area contributed by atoms with Crippen molar-refractivity contribution in [2.75, 3.05) is 24.0 Å². The predicted molar refractivity (Wildman–Crippen MR) is 127 cm³/mol. The number of hydrogen-bond acceptors (Lipinski definition) is 4. The number of ether oxygens (including phenoxy) is 1. The molecule has 32 heavy (non-hydrogen) atoms. The SMILES string of the molecule is Cc1ccc(S(=O)(=O)N(CC(=O)NCCOc2ccccc2)c2cccc(C)c2C)cc1. The van der Waals surface area contributed by atoms with Crippen molar-refractivity contribution >= 4 is 21.6 Å². The number of para-hydroxylation sites is 1. The van der Waals surface area contributed by atoms with Crippen LogP contribution < -0.4 is 14.4 Å². The van der Waals surface area contributed by atoms with E-state index in [2.05, 4.69) is 5.32 Å². The maximum absolute atomic E-state index is 13.5. The molecule has 0 bridgehead atoms. The van der Waals surface area contributed by atoms with Crippen LogP contribution in [0.25, 0.3) is 0 Å². The Hall–Kier alpha value is -3.32. The maximum Gasteiger partial charge on any atom is 0.264 e. The first-order chi connectivity index (χ1) is 15.3. The van der Waals surface area contributed by atoms with E-state index in [4.69, 9.17) is 4.74 Å². The van der Waals surface area contributed by atoms with Crippen molar-refractivity contribution in [3.8, 4) is 5.75 Å². The zero-order valence-corrected chi connectivity index (χ0v) is 19.4. The smallest absolute Gasteiger partial charge is 0.264 e. The van der Waals surface area contributed by atoms with Gasteiger partial charge in [0.25, 0.3) is 10.0 Å². The van der Waals surface area contributed by atoms with E-state index in [1.807, 2.05) is 57.2 Å². The molecule has 168 valence electrons. The lowest BCUT2D eigenvalue weighted by atomic mass is 10.1. The van der Waals surface area contributed by atoms with E-state index in [0.29, 0.717) is 11.4 Å². The summed E-state index contributed by atoms with van der Waals surface area (Å²) >= 11 is 0. The van der Waals surface area contributed by atoms with E-state index in [-0.39, 0.29) is 24.6 Å². The molecule has 0 aliphatic heterocycles. The number of nitrogens with one attached hydrogen (secondary N) is 1.